The Morgan fingerprint density at radius 2 is 2.10 bits per heavy atom. The van der Waals surface area contributed by atoms with Crippen molar-refractivity contribution >= 4 is 17.6 Å². The van der Waals surface area contributed by atoms with Crippen molar-refractivity contribution in [3.63, 3.8) is 0 Å². The molecular weight excluding hydrogens is 266 g/mol. The molecule has 20 heavy (non-hydrogen) atoms. The zero-order chi connectivity index (χ0) is 14.8. The van der Waals surface area contributed by atoms with Gasteiger partial charge in [0.1, 0.15) is 5.69 Å². The van der Waals surface area contributed by atoms with Gasteiger partial charge in [-0.3, -0.25) is 19.7 Å². The van der Waals surface area contributed by atoms with Crippen molar-refractivity contribution in [3.8, 4) is 0 Å². The molecule has 0 unspecified atom stereocenters. The Kier molecular flexibility index (Phi) is 3.73. The summed E-state index contributed by atoms with van der Waals surface area (Å²) in [4.78, 5) is 35.6. The summed E-state index contributed by atoms with van der Waals surface area (Å²) in [6.07, 6.45) is 3.85. The molecule has 2 rings (SSSR count). The van der Waals surface area contributed by atoms with E-state index in [1.165, 1.54) is 0 Å². The van der Waals surface area contributed by atoms with Crippen LogP contribution in [0.1, 0.15) is 36.2 Å². The van der Waals surface area contributed by atoms with Crippen molar-refractivity contribution in [2.75, 3.05) is 6.54 Å². The first-order valence-corrected chi connectivity index (χ1v) is 6.29. The minimum atomic E-state index is -0.909. The van der Waals surface area contributed by atoms with E-state index in [9.17, 15) is 24.8 Å². The fourth-order valence-electron chi connectivity index (χ4n) is 2.48. The summed E-state index contributed by atoms with van der Waals surface area (Å²) in [7, 11) is 0. The number of aliphatic carboxylic acids is 1. The standard InChI is InChI=1S/C12H15N3O5/c16-10(9-5-8(6-13-9)15(19)20)14-7-12(11(17)18)3-1-2-4-12/h5-6,13H,1-4,7H2,(H,14,16)(H,17,18). The SMILES string of the molecule is O=C(NCC1(C(=O)O)CCCC1)c1cc([N+](=O)[O-])c[nH]1. The van der Waals surface area contributed by atoms with Gasteiger partial charge in [0.2, 0.25) is 0 Å². The molecule has 1 fully saturated rings. The highest BCUT2D eigenvalue weighted by molar-refractivity contribution is 5.93. The van der Waals surface area contributed by atoms with E-state index in [0.717, 1.165) is 25.1 Å². The first kappa shape index (κ1) is 14.0. The van der Waals surface area contributed by atoms with Gasteiger partial charge in [0, 0.05) is 12.6 Å². The van der Waals surface area contributed by atoms with Gasteiger partial charge in [-0.25, -0.2) is 0 Å². The van der Waals surface area contributed by atoms with E-state index < -0.39 is 22.2 Å². The molecule has 0 atom stereocenters. The van der Waals surface area contributed by atoms with E-state index in [-0.39, 0.29) is 17.9 Å². The number of nitrogens with one attached hydrogen (secondary N) is 2. The molecule has 1 heterocycles. The van der Waals surface area contributed by atoms with Crippen LogP contribution in [0.2, 0.25) is 0 Å². The lowest BCUT2D eigenvalue weighted by atomic mass is 9.86. The van der Waals surface area contributed by atoms with Crippen molar-refractivity contribution in [3.05, 3.63) is 28.1 Å². The maximum absolute atomic E-state index is 11.8. The summed E-state index contributed by atoms with van der Waals surface area (Å²) in [5.74, 6) is -1.45. The molecule has 8 nitrogen and oxygen atoms in total. The maximum Gasteiger partial charge on any atom is 0.311 e. The second kappa shape index (κ2) is 5.32. The van der Waals surface area contributed by atoms with Crippen molar-refractivity contribution in [2.24, 2.45) is 5.41 Å². The highest BCUT2D eigenvalue weighted by atomic mass is 16.6. The Morgan fingerprint density at radius 3 is 2.60 bits per heavy atom. The van der Waals surface area contributed by atoms with Gasteiger partial charge in [-0.05, 0) is 12.8 Å². The quantitative estimate of drug-likeness (QED) is 0.554. The van der Waals surface area contributed by atoms with Crippen LogP contribution >= 0.6 is 0 Å². The monoisotopic (exact) mass is 281 g/mol. The molecule has 1 aliphatic rings. The van der Waals surface area contributed by atoms with Crippen LogP contribution in [-0.2, 0) is 4.79 Å². The van der Waals surface area contributed by atoms with Crippen LogP contribution in [0.15, 0.2) is 12.3 Å². The van der Waals surface area contributed by atoms with Crippen LogP contribution in [0.4, 0.5) is 5.69 Å². The number of hydrogen-bond acceptors (Lipinski definition) is 4. The van der Waals surface area contributed by atoms with E-state index in [4.69, 9.17) is 0 Å². The third-order valence-electron chi connectivity index (χ3n) is 3.72. The molecular formula is C12H15N3O5. The molecule has 1 aliphatic carbocycles. The smallest absolute Gasteiger partial charge is 0.311 e. The minimum absolute atomic E-state index is 0.0357. The molecule has 0 radical (unpaired) electrons. The van der Waals surface area contributed by atoms with Crippen LogP contribution in [0, 0.1) is 15.5 Å². The fourth-order valence-corrected chi connectivity index (χ4v) is 2.48. The molecule has 8 heteroatoms. The lowest BCUT2D eigenvalue weighted by Crippen LogP contribution is -2.41. The van der Waals surface area contributed by atoms with Crippen LogP contribution < -0.4 is 5.32 Å². The van der Waals surface area contributed by atoms with Gasteiger partial charge < -0.3 is 15.4 Å². The number of rotatable bonds is 5. The third kappa shape index (κ3) is 2.63. The van der Waals surface area contributed by atoms with E-state index in [1.807, 2.05) is 0 Å². The number of carboxylic acids is 1. The molecule has 0 spiro atoms. The van der Waals surface area contributed by atoms with Gasteiger partial charge in [0.15, 0.2) is 0 Å². The van der Waals surface area contributed by atoms with E-state index >= 15 is 0 Å². The average Bonchev–Trinajstić information content (AvgIpc) is 3.06. The highest BCUT2D eigenvalue weighted by Gasteiger charge is 2.41. The van der Waals surface area contributed by atoms with Gasteiger partial charge in [-0.15, -0.1) is 0 Å². The normalized spacial score (nSPS) is 16.8. The number of amides is 1. The zero-order valence-corrected chi connectivity index (χ0v) is 10.7. The summed E-state index contributed by atoms with van der Waals surface area (Å²) in [6, 6.07) is 1.12. The van der Waals surface area contributed by atoms with Gasteiger partial charge >= 0.3 is 5.97 Å². The topological polar surface area (TPSA) is 125 Å². The molecule has 0 bridgehead atoms. The molecule has 3 N–H and O–H groups in total. The Balaban J connectivity index is 2.00. The molecule has 108 valence electrons. The maximum atomic E-state index is 11.8. The van der Waals surface area contributed by atoms with Crippen molar-refractivity contribution in [1.82, 2.24) is 10.3 Å². The van der Waals surface area contributed by atoms with Gasteiger partial charge in [0.05, 0.1) is 16.5 Å². The molecule has 1 aromatic heterocycles. The van der Waals surface area contributed by atoms with Gasteiger partial charge in [-0.2, -0.15) is 0 Å². The molecule has 0 aliphatic heterocycles. The van der Waals surface area contributed by atoms with E-state index in [2.05, 4.69) is 10.3 Å². The zero-order valence-electron chi connectivity index (χ0n) is 10.7. The largest absolute Gasteiger partial charge is 0.481 e. The summed E-state index contributed by atoms with van der Waals surface area (Å²) < 4.78 is 0. The average molecular weight is 281 g/mol. The number of aromatic nitrogens is 1. The fraction of sp³-hybridized carbons (Fsp3) is 0.500. The Morgan fingerprint density at radius 1 is 1.45 bits per heavy atom. The summed E-state index contributed by atoms with van der Waals surface area (Å²) >= 11 is 0. The first-order valence-electron chi connectivity index (χ1n) is 6.29. The highest BCUT2D eigenvalue weighted by Crippen LogP contribution is 2.37. The number of carboxylic acid groups (broad SMARTS) is 1. The number of nitrogens with zero attached hydrogens (tertiary/aromatic N) is 1. The first-order chi connectivity index (χ1) is 9.44. The summed E-state index contributed by atoms with van der Waals surface area (Å²) in [5.41, 5.74) is -1.06. The molecule has 0 aromatic carbocycles. The number of nitro groups is 1. The van der Waals surface area contributed by atoms with Crippen molar-refractivity contribution in [2.45, 2.75) is 25.7 Å². The lowest BCUT2D eigenvalue weighted by molar-refractivity contribution is -0.384. The van der Waals surface area contributed by atoms with Gasteiger partial charge in [-0.1, -0.05) is 12.8 Å². The number of aromatic amines is 1. The molecule has 1 amide bonds. The minimum Gasteiger partial charge on any atom is -0.481 e. The molecule has 1 saturated carbocycles. The number of H-pyrrole nitrogens is 1. The van der Waals surface area contributed by atoms with Gasteiger partial charge in [0.25, 0.3) is 11.6 Å². The Bertz CT molecular complexity index is 545. The van der Waals surface area contributed by atoms with Crippen LogP contribution in [0.5, 0.6) is 0 Å². The third-order valence-corrected chi connectivity index (χ3v) is 3.72. The summed E-state index contributed by atoms with van der Waals surface area (Å²) in [6.45, 7) is 0.0357. The number of carbonyl (C=O) groups excluding carboxylic acids is 1. The predicted octanol–water partition coefficient (Wildman–Crippen LogP) is 1.30. The second-order valence-electron chi connectivity index (χ2n) is 5.00. The Hall–Kier alpha value is -2.38. The number of carbonyl (C=O) groups is 2. The van der Waals surface area contributed by atoms with Crippen LogP contribution in [-0.4, -0.2) is 33.4 Å². The van der Waals surface area contributed by atoms with Crippen LogP contribution in [0.25, 0.3) is 0 Å². The predicted molar refractivity (Wildman–Crippen MR) is 68.3 cm³/mol. The Labute approximate surface area is 114 Å². The van der Waals surface area contributed by atoms with E-state index in [1.54, 1.807) is 0 Å². The van der Waals surface area contributed by atoms with Crippen molar-refractivity contribution < 1.29 is 19.6 Å². The van der Waals surface area contributed by atoms with Crippen LogP contribution in [0.3, 0.4) is 0 Å². The summed E-state index contributed by atoms with van der Waals surface area (Å²) in [5, 5.41) is 22.3. The molecule has 1 aromatic rings. The lowest BCUT2D eigenvalue weighted by Gasteiger charge is -2.23. The van der Waals surface area contributed by atoms with Crippen molar-refractivity contribution in [1.29, 1.82) is 0 Å². The second-order valence-corrected chi connectivity index (χ2v) is 5.00. The van der Waals surface area contributed by atoms with E-state index in [0.29, 0.717) is 12.8 Å². The molecule has 0 saturated heterocycles. The number of hydrogen-bond donors (Lipinski definition) is 3.